The van der Waals surface area contributed by atoms with E-state index >= 15 is 0 Å². The van der Waals surface area contributed by atoms with Crippen molar-refractivity contribution in [1.82, 2.24) is 4.90 Å². The molecule has 0 saturated carbocycles. The average Bonchev–Trinajstić information content (AvgIpc) is 2.70. The standard InChI is InChI=1S/C21H31NO7S/c1-21(2,3)29-20(23)22-9-7-17(8-10-22)28-18-6-5-15(12-19(18)25-4)11-16-13-26-30(24)27-14-16/h5-6,12,16-17H,7-11,13-14H2,1-4H3. The van der Waals surface area contributed by atoms with Crippen LogP contribution in [0.15, 0.2) is 18.2 Å². The zero-order valence-corrected chi connectivity index (χ0v) is 18.9. The number of ether oxygens (including phenoxy) is 3. The van der Waals surface area contributed by atoms with Crippen molar-refractivity contribution in [2.24, 2.45) is 5.92 Å². The lowest BCUT2D eigenvalue weighted by atomic mass is 10.0. The van der Waals surface area contributed by atoms with Crippen LogP contribution in [0.1, 0.15) is 39.2 Å². The Balaban J connectivity index is 1.53. The minimum Gasteiger partial charge on any atom is -0.493 e. The molecule has 9 heteroatoms. The van der Waals surface area contributed by atoms with Crippen LogP contribution in [-0.2, 0) is 30.9 Å². The Kier molecular flexibility index (Phi) is 7.60. The fourth-order valence-corrected chi connectivity index (χ4v) is 4.11. The molecule has 0 aliphatic carbocycles. The van der Waals surface area contributed by atoms with E-state index in [0.29, 0.717) is 37.8 Å². The van der Waals surface area contributed by atoms with Crippen LogP contribution in [0.2, 0.25) is 0 Å². The number of methoxy groups -OCH3 is 1. The molecule has 0 radical (unpaired) electrons. The minimum atomic E-state index is -1.62. The van der Waals surface area contributed by atoms with Gasteiger partial charge in [-0.25, -0.2) is 4.79 Å². The average molecular weight is 442 g/mol. The summed E-state index contributed by atoms with van der Waals surface area (Å²) in [5, 5.41) is 0. The van der Waals surface area contributed by atoms with E-state index in [1.165, 1.54) is 0 Å². The van der Waals surface area contributed by atoms with Gasteiger partial charge in [-0.2, -0.15) is 4.21 Å². The summed E-state index contributed by atoms with van der Waals surface area (Å²) in [5.74, 6) is 1.51. The number of piperidine rings is 1. The van der Waals surface area contributed by atoms with Crippen LogP contribution in [-0.4, -0.2) is 60.3 Å². The van der Waals surface area contributed by atoms with Gasteiger partial charge in [0.15, 0.2) is 11.5 Å². The molecule has 3 rings (SSSR count). The van der Waals surface area contributed by atoms with Crippen molar-refractivity contribution in [3.8, 4) is 11.5 Å². The van der Waals surface area contributed by atoms with Crippen molar-refractivity contribution in [1.29, 1.82) is 0 Å². The van der Waals surface area contributed by atoms with Crippen LogP contribution in [0.3, 0.4) is 0 Å². The largest absolute Gasteiger partial charge is 0.493 e. The van der Waals surface area contributed by atoms with E-state index < -0.39 is 17.0 Å². The summed E-state index contributed by atoms with van der Waals surface area (Å²) in [4.78, 5) is 13.9. The Morgan fingerprint density at radius 2 is 1.83 bits per heavy atom. The van der Waals surface area contributed by atoms with Crippen molar-refractivity contribution >= 4 is 17.5 Å². The van der Waals surface area contributed by atoms with Gasteiger partial charge in [-0.05, 0) is 44.9 Å². The maximum Gasteiger partial charge on any atom is 0.410 e. The first-order chi connectivity index (χ1) is 14.2. The van der Waals surface area contributed by atoms with E-state index in [-0.39, 0.29) is 18.1 Å². The molecule has 0 atom stereocenters. The van der Waals surface area contributed by atoms with E-state index in [4.69, 9.17) is 22.6 Å². The van der Waals surface area contributed by atoms with Gasteiger partial charge in [0.25, 0.3) is 0 Å². The lowest BCUT2D eigenvalue weighted by molar-refractivity contribution is 0.0124. The molecule has 8 nitrogen and oxygen atoms in total. The number of likely N-dealkylation sites (tertiary alicyclic amines) is 1. The Hall–Kier alpha value is -1.84. The van der Waals surface area contributed by atoms with Crippen LogP contribution in [0.5, 0.6) is 11.5 Å². The summed E-state index contributed by atoms with van der Waals surface area (Å²) in [7, 11) is 1.62. The second-order valence-electron chi connectivity index (χ2n) is 8.61. The van der Waals surface area contributed by atoms with E-state index in [1.54, 1.807) is 12.0 Å². The lowest BCUT2D eigenvalue weighted by Gasteiger charge is -2.33. The van der Waals surface area contributed by atoms with Crippen molar-refractivity contribution in [3.05, 3.63) is 23.8 Å². The highest BCUT2D eigenvalue weighted by Gasteiger charge is 2.28. The zero-order chi connectivity index (χ0) is 21.7. The molecular weight excluding hydrogens is 410 g/mol. The normalized spacial score (nSPS) is 23.1. The number of carbonyl (C=O) groups is 1. The fourth-order valence-electron chi connectivity index (χ4n) is 3.44. The Morgan fingerprint density at radius 3 is 2.43 bits per heavy atom. The number of rotatable bonds is 5. The highest BCUT2D eigenvalue weighted by molar-refractivity contribution is 7.75. The quantitative estimate of drug-likeness (QED) is 0.693. The molecule has 2 fully saturated rings. The van der Waals surface area contributed by atoms with Crippen molar-refractivity contribution < 1.29 is 31.6 Å². The molecule has 2 aliphatic heterocycles. The molecule has 0 bridgehead atoms. The van der Waals surface area contributed by atoms with Crippen LogP contribution >= 0.6 is 0 Å². The van der Waals surface area contributed by atoms with Gasteiger partial charge in [-0.1, -0.05) is 6.07 Å². The maximum absolute atomic E-state index is 12.2. The molecule has 2 heterocycles. The Labute approximate surface area is 180 Å². The fraction of sp³-hybridized carbons (Fsp3) is 0.667. The number of amides is 1. The third-order valence-electron chi connectivity index (χ3n) is 4.94. The number of hydrogen-bond acceptors (Lipinski definition) is 7. The first-order valence-corrected chi connectivity index (χ1v) is 11.2. The minimum absolute atomic E-state index is 0.0126. The van der Waals surface area contributed by atoms with Crippen LogP contribution in [0.4, 0.5) is 4.79 Å². The predicted molar refractivity (Wildman–Crippen MR) is 112 cm³/mol. The van der Waals surface area contributed by atoms with Gasteiger partial charge in [0.05, 0.1) is 20.3 Å². The molecule has 0 N–H and O–H groups in total. The van der Waals surface area contributed by atoms with Gasteiger partial charge >= 0.3 is 17.5 Å². The molecule has 30 heavy (non-hydrogen) atoms. The molecule has 0 unspecified atom stereocenters. The molecule has 2 saturated heterocycles. The zero-order valence-electron chi connectivity index (χ0n) is 18.0. The monoisotopic (exact) mass is 441 g/mol. The SMILES string of the molecule is COc1cc(CC2COS(=O)OC2)ccc1OC1CCN(C(=O)OC(C)(C)C)CC1. The molecule has 1 amide bonds. The number of nitrogens with zero attached hydrogens (tertiary/aromatic N) is 1. The molecule has 1 aromatic carbocycles. The lowest BCUT2D eigenvalue weighted by Crippen LogP contribution is -2.44. The summed E-state index contributed by atoms with van der Waals surface area (Å²) in [6, 6.07) is 5.87. The van der Waals surface area contributed by atoms with E-state index in [9.17, 15) is 9.00 Å². The van der Waals surface area contributed by atoms with Crippen LogP contribution in [0.25, 0.3) is 0 Å². The van der Waals surface area contributed by atoms with Crippen LogP contribution in [0, 0.1) is 5.92 Å². The number of benzene rings is 1. The molecular formula is C21H31NO7S. The van der Waals surface area contributed by atoms with Crippen molar-refractivity contribution in [2.75, 3.05) is 33.4 Å². The van der Waals surface area contributed by atoms with Gasteiger partial charge in [-0.3, -0.25) is 8.37 Å². The Morgan fingerprint density at radius 1 is 1.17 bits per heavy atom. The Bertz CT molecular complexity index is 746. The maximum atomic E-state index is 12.2. The summed E-state index contributed by atoms with van der Waals surface area (Å²) >= 11 is -1.62. The van der Waals surface area contributed by atoms with Gasteiger partial charge in [0, 0.05) is 31.8 Å². The van der Waals surface area contributed by atoms with E-state index in [0.717, 1.165) is 24.8 Å². The number of carbonyl (C=O) groups excluding carboxylic acids is 1. The van der Waals surface area contributed by atoms with Gasteiger partial charge in [0.1, 0.15) is 11.7 Å². The first-order valence-electron chi connectivity index (χ1n) is 10.2. The molecule has 1 aromatic rings. The molecule has 2 aliphatic rings. The van der Waals surface area contributed by atoms with Gasteiger partial charge in [-0.15, -0.1) is 0 Å². The second kappa shape index (κ2) is 9.98. The number of hydrogen-bond donors (Lipinski definition) is 0. The van der Waals surface area contributed by atoms with Crippen LogP contribution < -0.4 is 9.47 Å². The van der Waals surface area contributed by atoms with E-state index in [1.807, 2.05) is 39.0 Å². The third-order valence-corrected chi connectivity index (χ3v) is 5.60. The molecule has 0 spiro atoms. The highest BCUT2D eigenvalue weighted by atomic mass is 32.2. The van der Waals surface area contributed by atoms with E-state index in [2.05, 4.69) is 0 Å². The predicted octanol–water partition coefficient (Wildman–Crippen LogP) is 3.26. The topological polar surface area (TPSA) is 83.5 Å². The summed E-state index contributed by atoms with van der Waals surface area (Å²) in [6.45, 7) is 7.61. The first kappa shape index (κ1) is 22.8. The molecule has 168 valence electrons. The van der Waals surface area contributed by atoms with Crippen molar-refractivity contribution in [3.63, 3.8) is 0 Å². The molecule has 0 aromatic heterocycles. The second-order valence-corrected chi connectivity index (χ2v) is 9.49. The summed E-state index contributed by atoms with van der Waals surface area (Å²) < 4.78 is 38.4. The van der Waals surface area contributed by atoms with Gasteiger partial charge < -0.3 is 19.1 Å². The summed E-state index contributed by atoms with van der Waals surface area (Å²) in [6.07, 6.45) is 1.94. The van der Waals surface area contributed by atoms with Crippen molar-refractivity contribution in [2.45, 2.75) is 51.7 Å². The summed E-state index contributed by atoms with van der Waals surface area (Å²) in [5.41, 5.74) is 0.579. The smallest absolute Gasteiger partial charge is 0.410 e. The van der Waals surface area contributed by atoms with Gasteiger partial charge in [0.2, 0.25) is 0 Å². The highest BCUT2D eigenvalue weighted by Crippen LogP contribution is 2.32. The third kappa shape index (κ3) is 6.58.